The lowest BCUT2D eigenvalue weighted by Crippen LogP contribution is -2.15. The summed E-state index contributed by atoms with van der Waals surface area (Å²) in [4.78, 5) is 0. The Kier molecular flexibility index (Phi) is 5.29. The maximum atomic E-state index is 5.53. The molecule has 1 N–H and O–H groups in total. The lowest BCUT2D eigenvalue weighted by molar-refractivity contribution is 0.391. The van der Waals surface area contributed by atoms with Gasteiger partial charge in [0.15, 0.2) is 0 Å². The predicted molar refractivity (Wildman–Crippen MR) is 62.0 cm³/mol. The van der Waals surface area contributed by atoms with Crippen molar-refractivity contribution >= 4 is 11.6 Å². The maximum Gasteiger partial charge on any atom is 0.125 e. The third-order valence-corrected chi connectivity index (χ3v) is 2.35. The van der Waals surface area contributed by atoms with E-state index in [0.29, 0.717) is 6.00 Å². The standard InChI is InChI=1S/C11H16ClNO2/c1-14-10-4-3-9(5-6-13-8-12)11(7-10)15-2/h3-4,7,13H,5-6,8H2,1-2H3. The van der Waals surface area contributed by atoms with Crippen molar-refractivity contribution in [2.75, 3.05) is 26.8 Å². The smallest absolute Gasteiger partial charge is 0.125 e. The average molecular weight is 230 g/mol. The summed E-state index contributed by atoms with van der Waals surface area (Å²) in [5.41, 5.74) is 1.15. The van der Waals surface area contributed by atoms with E-state index in [1.54, 1.807) is 14.2 Å². The van der Waals surface area contributed by atoms with Crippen molar-refractivity contribution in [1.82, 2.24) is 5.32 Å². The van der Waals surface area contributed by atoms with Gasteiger partial charge in [-0.2, -0.15) is 0 Å². The largest absolute Gasteiger partial charge is 0.497 e. The van der Waals surface area contributed by atoms with Gasteiger partial charge in [-0.25, -0.2) is 0 Å². The molecule has 1 rings (SSSR count). The van der Waals surface area contributed by atoms with E-state index in [1.165, 1.54) is 0 Å². The molecule has 0 unspecified atom stereocenters. The van der Waals surface area contributed by atoms with Gasteiger partial charge < -0.3 is 14.8 Å². The van der Waals surface area contributed by atoms with Crippen LogP contribution < -0.4 is 14.8 Å². The number of alkyl halides is 1. The molecular weight excluding hydrogens is 214 g/mol. The molecule has 0 aliphatic rings. The summed E-state index contributed by atoms with van der Waals surface area (Å²) in [5.74, 6) is 1.66. The highest BCUT2D eigenvalue weighted by Gasteiger charge is 2.04. The van der Waals surface area contributed by atoms with E-state index in [0.717, 1.165) is 30.0 Å². The Labute approximate surface area is 95.3 Å². The molecule has 0 saturated carbocycles. The fourth-order valence-corrected chi connectivity index (χ4v) is 1.48. The molecule has 0 saturated heterocycles. The molecule has 0 bridgehead atoms. The minimum Gasteiger partial charge on any atom is -0.497 e. The molecule has 1 aromatic carbocycles. The summed E-state index contributed by atoms with van der Waals surface area (Å²) in [7, 11) is 3.30. The van der Waals surface area contributed by atoms with Crippen LogP contribution in [0.15, 0.2) is 18.2 Å². The van der Waals surface area contributed by atoms with E-state index >= 15 is 0 Å². The lowest BCUT2D eigenvalue weighted by atomic mass is 10.1. The highest BCUT2D eigenvalue weighted by molar-refractivity contribution is 6.17. The molecular formula is C11H16ClNO2. The molecule has 0 atom stereocenters. The summed E-state index contributed by atoms with van der Waals surface area (Å²) in [6.45, 7) is 0.839. The molecule has 0 heterocycles. The van der Waals surface area contributed by atoms with Crippen molar-refractivity contribution < 1.29 is 9.47 Å². The van der Waals surface area contributed by atoms with Crippen LogP contribution in [0, 0.1) is 0 Å². The fraction of sp³-hybridized carbons (Fsp3) is 0.455. The first-order valence-corrected chi connectivity index (χ1v) is 5.33. The molecule has 0 spiro atoms. The third-order valence-electron chi connectivity index (χ3n) is 2.16. The number of benzene rings is 1. The van der Waals surface area contributed by atoms with Crippen LogP contribution in [-0.4, -0.2) is 26.8 Å². The van der Waals surface area contributed by atoms with E-state index < -0.39 is 0 Å². The fourth-order valence-electron chi connectivity index (χ4n) is 1.35. The normalized spacial score (nSPS) is 10.1. The number of hydrogen-bond acceptors (Lipinski definition) is 3. The van der Waals surface area contributed by atoms with Gasteiger partial charge in [-0.15, -0.1) is 11.6 Å². The van der Waals surface area contributed by atoms with Crippen molar-refractivity contribution in [3.05, 3.63) is 23.8 Å². The molecule has 0 aliphatic heterocycles. The molecule has 0 amide bonds. The summed E-state index contributed by atoms with van der Waals surface area (Å²) in [6, 6.07) is 6.29. The molecule has 0 radical (unpaired) electrons. The minimum atomic E-state index is 0.471. The second-order valence-electron chi connectivity index (χ2n) is 3.06. The lowest BCUT2D eigenvalue weighted by Gasteiger charge is -2.10. The Morgan fingerprint density at radius 1 is 1.27 bits per heavy atom. The summed E-state index contributed by atoms with van der Waals surface area (Å²) < 4.78 is 10.4. The van der Waals surface area contributed by atoms with Crippen molar-refractivity contribution in [3.63, 3.8) is 0 Å². The van der Waals surface area contributed by atoms with Gasteiger partial charge >= 0.3 is 0 Å². The molecule has 15 heavy (non-hydrogen) atoms. The highest BCUT2D eigenvalue weighted by atomic mass is 35.5. The Bertz CT molecular complexity index is 305. The molecule has 0 fully saturated rings. The molecule has 3 nitrogen and oxygen atoms in total. The first-order valence-electron chi connectivity index (χ1n) is 4.79. The van der Waals surface area contributed by atoms with Gasteiger partial charge in [0, 0.05) is 12.6 Å². The van der Waals surface area contributed by atoms with Gasteiger partial charge in [-0.1, -0.05) is 6.07 Å². The Morgan fingerprint density at radius 3 is 2.67 bits per heavy atom. The topological polar surface area (TPSA) is 30.5 Å². The third kappa shape index (κ3) is 3.61. The van der Waals surface area contributed by atoms with Crippen LogP contribution >= 0.6 is 11.6 Å². The molecule has 0 aliphatic carbocycles. The van der Waals surface area contributed by atoms with Gasteiger partial charge in [0.1, 0.15) is 11.5 Å². The van der Waals surface area contributed by atoms with Crippen LogP contribution in [-0.2, 0) is 6.42 Å². The Balaban J connectivity index is 2.69. The first-order chi connectivity index (χ1) is 7.31. The van der Waals surface area contributed by atoms with Gasteiger partial charge in [0.2, 0.25) is 0 Å². The minimum absolute atomic E-state index is 0.471. The Hall–Kier alpha value is -0.930. The van der Waals surface area contributed by atoms with Crippen LogP contribution in [0.3, 0.4) is 0 Å². The summed E-state index contributed by atoms with van der Waals surface area (Å²) in [5, 5.41) is 3.06. The van der Waals surface area contributed by atoms with Crippen LogP contribution in [0.2, 0.25) is 0 Å². The number of methoxy groups -OCH3 is 2. The van der Waals surface area contributed by atoms with Gasteiger partial charge in [-0.05, 0) is 18.1 Å². The van der Waals surface area contributed by atoms with Gasteiger partial charge in [0.05, 0.1) is 20.2 Å². The number of halogens is 1. The zero-order valence-electron chi connectivity index (χ0n) is 9.05. The summed E-state index contributed by atoms with van der Waals surface area (Å²) in [6.07, 6.45) is 0.889. The monoisotopic (exact) mass is 229 g/mol. The van der Waals surface area contributed by atoms with Gasteiger partial charge in [0.25, 0.3) is 0 Å². The maximum absolute atomic E-state index is 5.53. The molecule has 1 aromatic rings. The van der Waals surface area contributed by atoms with E-state index in [-0.39, 0.29) is 0 Å². The number of rotatable bonds is 6. The van der Waals surface area contributed by atoms with E-state index in [2.05, 4.69) is 5.32 Å². The van der Waals surface area contributed by atoms with E-state index in [1.807, 2.05) is 18.2 Å². The second kappa shape index (κ2) is 6.53. The zero-order valence-corrected chi connectivity index (χ0v) is 9.80. The van der Waals surface area contributed by atoms with E-state index in [4.69, 9.17) is 21.1 Å². The first kappa shape index (κ1) is 12.1. The predicted octanol–water partition coefficient (Wildman–Crippen LogP) is 2.03. The van der Waals surface area contributed by atoms with Crippen LogP contribution in [0.4, 0.5) is 0 Å². The molecule has 4 heteroatoms. The number of hydrogen-bond donors (Lipinski definition) is 1. The number of nitrogens with one attached hydrogen (secondary N) is 1. The van der Waals surface area contributed by atoms with Crippen molar-refractivity contribution in [2.45, 2.75) is 6.42 Å². The average Bonchev–Trinajstić information content (AvgIpc) is 2.29. The van der Waals surface area contributed by atoms with Crippen molar-refractivity contribution in [3.8, 4) is 11.5 Å². The highest BCUT2D eigenvalue weighted by Crippen LogP contribution is 2.24. The second-order valence-corrected chi connectivity index (χ2v) is 3.33. The SMILES string of the molecule is COc1ccc(CCNCCl)c(OC)c1. The zero-order chi connectivity index (χ0) is 11.1. The van der Waals surface area contributed by atoms with Crippen LogP contribution in [0.25, 0.3) is 0 Å². The Morgan fingerprint density at radius 2 is 2.07 bits per heavy atom. The van der Waals surface area contributed by atoms with E-state index in [9.17, 15) is 0 Å². The number of ether oxygens (including phenoxy) is 2. The van der Waals surface area contributed by atoms with Crippen molar-refractivity contribution in [1.29, 1.82) is 0 Å². The molecule has 84 valence electrons. The van der Waals surface area contributed by atoms with Crippen LogP contribution in [0.5, 0.6) is 11.5 Å². The quantitative estimate of drug-likeness (QED) is 0.460. The summed E-state index contributed by atoms with van der Waals surface area (Å²) >= 11 is 5.53. The van der Waals surface area contributed by atoms with Crippen LogP contribution in [0.1, 0.15) is 5.56 Å². The van der Waals surface area contributed by atoms with Gasteiger partial charge in [-0.3, -0.25) is 0 Å². The van der Waals surface area contributed by atoms with Crippen molar-refractivity contribution in [2.24, 2.45) is 0 Å². The molecule has 0 aromatic heterocycles.